The number of aryl methyl sites for hydroxylation is 3. The highest BCUT2D eigenvalue weighted by Gasteiger charge is 2.21. The van der Waals surface area contributed by atoms with Crippen LogP contribution in [0.4, 0.5) is 4.39 Å². The minimum absolute atomic E-state index is 0.244. The number of rotatable bonds is 6. The van der Waals surface area contributed by atoms with Crippen LogP contribution >= 0.6 is 11.3 Å². The molecule has 0 spiro atoms. The lowest BCUT2D eigenvalue weighted by molar-refractivity contribution is 0.0954. The van der Waals surface area contributed by atoms with Crippen molar-refractivity contribution >= 4 is 17.2 Å². The Balaban J connectivity index is 1.45. The smallest absolute Gasteiger partial charge is 0.277 e. The summed E-state index contributed by atoms with van der Waals surface area (Å²) < 4.78 is 20.0. The number of nitrogens with one attached hydrogen (secondary N) is 1. The number of ether oxygens (including phenoxy) is 1. The minimum Gasteiger partial charge on any atom is -0.457 e. The number of hydrogen-bond acceptors (Lipinski definition) is 6. The second-order valence-electron chi connectivity index (χ2n) is 7.83. The van der Waals surface area contributed by atoms with Gasteiger partial charge in [-0.25, -0.2) is 14.1 Å². The van der Waals surface area contributed by atoms with E-state index in [1.54, 1.807) is 38.2 Å². The number of carbonyl (C=O) groups is 1. The molecule has 4 aromatic rings. The number of carbonyl (C=O) groups excluding carboxylic acids is 1. The number of aromatic nitrogens is 3. The number of halogens is 1. The first-order valence-electron chi connectivity index (χ1n) is 10.6. The zero-order valence-electron chi connectivity index (χ0n) is 19.2. The van der Waals surface area contributed by atoms with Gasteiger partial charge in [-0.2, -0.15) is 5.10 Å². The van der Waals surface area contributed by atoms with E-state index < -0.39 is 0 Å². The molecule has 1 amide bonds. The molecule has 0 unspecified atom stereocenters. The molecule has 1 N–H and O–H groups in total. The molecule has 4 rings (SSSR count). The minimum atomic E-state index is -0.324. The van der Waals surface area contributed by atoms with Crippen molar-refractivity contribution in [1.82, 2.24) is 20.1 Å². The van der Waals surface area contributed by atoms with Crippen LogP contribution in [0.5, 0.6) is 11.5 Å². The molecule has 0 atom stereocenters. The summed E-state index contributed by atoms with van der Waals surface area (Å²) in [6.45, 7) is 5.74. The van der Waals surface area contributed by atoms with Crippen molar-refractivity contribution in [2.24, 2.45) is 7.05 Å². The number of nitrogens with zero attached hydrogens (tertiary/aromatic N) is 3. The molecule has 2 heterocycles. The molecule has 0 aliphatic carbocycles. The van der Waals surface area contributed by atoms with Gasteiger partial charge in [-0.15, -0.1) is 11.3 Å². The van der Waals surface area contributed by atoms with Gasteiger partial charge in [0.05, 0.1) is 17.0 Å². The molecular weight excluding hydrogens is 455 g/mol. The standard InChI is InChI=1S/C25H23FN4O3S/c1-14-15(2)29-30(4)25(32)21(14)24-28-16(3)22(34-24)23(31)27-13-17-5-9-19(10-6-17)33-20-11-7-18(26)8-12-20/h5-12H,13H2,1-4H3,(H,27,31). The summed E-state index contributed by atoms with van der Waals surface area (Å²) in [6, 6.07) is 13.0. The Hall–Kier alpha value is -3.85. The third-order valence-corrected chi connectivity index (χ3v) is 6.54. The first kappa shape index (κ1) is 23.3. The largest absolute Gasteiger partial charge is 0.457 e. The Bertz CT molecular complexity index is 1410. The molecular formula is C25H23FN4O3S. The maximum atomic E-state index is 13.0. The Kier molecular flexibility index (Phi) is 6.56. The summed E-state index contributed by atoms with van der Waals surface area (Å²) in [5, 5.41) is 7.61. The maximum absolute atomic E-state index is 13.0. The summed E-state index contributed by atoms with van der Waals surface area (Å²) in [7, 11) is 1.60. The average molecular weight is 479 g/mol. The average Bonchev–Trinajstić information content (AvgIpc) is 3.20. The van der Waals surface area contributed by atoms with Crippen molar-refractivity contribution in [2.75, 3.05) is 0 Å². The van der Waals surface area contributed by atoms with Crippen LogP contribution in [0.25, 0.3) is 10.6 Å². The highest BCUT2D eigenvalue weighted by atomic mass is 32.1. The summed E-state index contributed by atoms with van der Waals surface area (Å²) >= 11 is 1.20. The van der Waals surface area contributed by atoms with Crippen molar-refractivity contribution in [2.45, 2.75) is 27.3 Å². The predicted molar refractivity (Wildman–Crippen MR) is 129 cm³/mol. The van der Waals surface area contributed by atoms with Crippen LogP contribution in [0.3, 0.4) is 0 Å². The van der Waals surface area contributed by atoms with E-state index in [1.165, 1.54) is 28.2 Å². The summed E-state index contributed by atoms with van der Waals surface area (Å²) in [5.74, 6) is 0.561. The molecule has 0 fully saturated rings. The second kappa shape index (κ2) is 9.56. The van der Waals surface area contributed by atoms with Crippen LogP contribution in [0, 0.1) is 26.6 Å². The molecule has 0 radical (unpaired) electrons. The molecule has 0 bridgehead atoms. The fourth-order valence-corrected chi connectivity index (χ4v) is 4.47. The third-order valence-electron chi connectivity index (χ3n) is 5.37. The lowest BCUT2D eigenvalue weighted by atomic mass is 10.1. The number of hydrogen-bond donors (Lipinski definition) is 1. The van der Waals surface area contributed by atoms with Gasteiger partial charge in [-0.1, -0.05) is 12.1 Å². The van der Waals surface area contributed by atoms with Gasteiger partial charge in [-0.3, -0.25) is 9.59 Å². The molecule has 0 saturated heterocycles. The zero-order chi connectivity index (χ0) is 24.4. The highest BCUT2D eigenvalue weighted by molar-refractivity contribution is 7.17. The Morgan fingerprint density at radius 1 is 1.03 bits per heavy atom. The van der Waals surface area contributed by atoms with Crippen LogP contribution in [0.1, 0.15) is 32.2 Å². The van der Waals surface area contributed by atoms with Gasteiger partial charge in [0.2, 0.25) is 0 Å². The SMILES string of the molecule is Cc1nc(-c2c(C)c(C)nn(C)c2=O)sc1C(=O)NCc1ccc(Oc2ccc(F)cc2)cc1. The van der Waals surface area contributed by atoms with Gasteiger partial charge in [-0.05, 0) is 68.3 Å². The number of amides is 1. The van der Waals surface area contributed by atoms with E-state index in [-0.39, 0.29) is 17.3 Å². The highest BCUT2D eigenvalue weighted by Crippen LogP contribution is 2.29. The Morgan fingerprint density at radius 2 is 1.65 bits per heavy atom. The van der Waals surface area contributed by atoms with Crippen LogP contribution in [0.2, 0.25) is 0 Å². The number of thiazole rings is 1. The monoisotopic (exact) mass is 478 g/mol. The van der Waals surface area contributed by atoms with Gasteiger partial charge >= 0.3 is 0 Å². The first-order valence-corrected chi connectivity index (χ1v) is 11.4. The van der Waals surface area contributed by atoms with E-state index in [4.69, 9.17) is 4.74 Å². The predicted octanol–water partition coefficient (Wildman–Crippen LogP) is 4.69. The van der Waals surface area contributed by atoms with Crippen LogP contribution in [-0.2, 0) is 13.6 Å². The van der Waals surface area contributed by atoms with Gasteiger partial charge < -0.3 is 10.1 Å². The van der Waals surface area contributed by atoms with Crippen molar-refractivity contribution < 1.29 is 13.9 Å². The van der Waals surface area contributed by atoms with Crippen LogP contribution in [-0.4, -0.2) is 20.7 Å². The van der Waals surface area contributed by atoms with E-state index in [1.807, 2.05) is 26.0 Å². The lowest BCUT2D eigenvalue weighted by Crippen LogP contribution is -2.23. The zero-order valence-corrected chi connectivity index (χ0v) is 20.0. The maximum Gasteiger partial charge on any atom is 0.277 e. The molecule has 2 aromatic heterocycles. The molecule has 0 aliphatic heterocycles. The Labute approximate surface area is 199 Å². The normalized spacial score (nSPS) is 10.9. The quantitative estimate of drug-likeness (QED) is 0.435. The number of benzene rings is 2. The summed E-state index contributed by atoms with van der Waals surface area (Å²) in [4.78, 5) is 30.4. The summed E-state index contributed by atoms with van der Waals surface area (Å²) in [5.41, 5.74) is 3.17. The molecule has 7 nitrogen and oxygen atoms in total. The fraction of sp³-hybridized carbons (Fsp3) is 0.200. The Morgan fingerprint density at radius 3 is 2.29 bits per heavy atom. The van der Waals surface area contributed by atoms with Gasteiger partial charge in [0.1, 0.15) is 27.2 Å². The van der Waals surface area contributed by atoms with Gasteiger partial charge in [0.15, 0.2) is 0 Å². The van der Waals surface area contributed by atoms with Crippen molar-refractivity contribution in [1.29, 1.82) is 0 Å². The van der Waals surface area contributed by atoms with Crippen molar-refractivity contribution in [3.63, 3.8) is 0 Å². The van der Waals surface area contributed by atoms with E-state index >= 15 is 0 Å². The van der Waals surface area contributed by atoms with Gasteiger partial charge in [0, 0.05) is 13.6 Å². The van der Waals surface area contributed by atoms with E-state index in [0.29, 0.717) is 39.2 Å². The topological polar surface area (TPSA) is 86.1 Å². The van der Waals surface area contributed by atoms with Crippen molar-refractivity contribution in [3.8, 4) is 22.1 Å². The first-order chi connectivity index (χ1) is 16.2. The molecule has 174 valence electrons. The van der Waals surface area contributed by atoms with Crippen LogP contribution < -0.4 is 15.6 Å². The van der Waals surface area contributed by atoms with Crippen molar-refractivity contribution in [3.05, 3.63) is 92.1 Å². The van der Waals surface area contributed by atoms with E-state index in [2.05, 4.69) is 15.4 Å². The second-order valence-corrected chi connectivity index (χ2v) is 8.83. The van der Waals surface area contributed by atoms with Gasteiger partial charge in [0.25, 0.3) is 11.5 Å². The molecule has 9 heteroatoms. The fourth-order valence-electron chi connectivity index (χ4n) is 3.39. The summed E-state index contributed by atoms with van der Waals surface area (Å²) in [6.07, 6.45) is 0. The van der Waals surface area contributed by atoms with Crippen LogP contribution in [0.15, 0.2) is 53.3 Å². The third kappa shape index (κ3) is 4.89. The molecule has 2 aromatic carbocycles. The molecule has 0 aliphatic rings. The van der Waals surface area contributed by atoms with E-state index in [0.717, 1.165) is 16.8 Å². The van der Waals surface area contributed by atoms with E-state index in [9.17, 15) is 14.0 Å². The molecule has 0 saturated carbocycles. The lowest BCUT2D eigenvalue weighted by Gasteiger charge is -2.08. The molecule has 34 heavy (non-hydrogen) atoms.